The van der Waals surface area contributed by atoms with Gasteiger partial charge in [0, 0.05) is 25.8 Å². The first kappa shape index (κ1) is 15.5. The van der Waals surface area contributed by atoms with Crippen LogP contribution in [-0.4, -0.2) is 37.7 Å². The summed E-state index contributed by atoms with van der Waals surface area (Å²) in [6.07, 6.45) is 3.24. The van der Waals surface area contributed by atoms with E-state index < -0.39 is 0 Å². The van der Waals surface area contributed by atoms with Crippen LogP contribution in [0.25, 0.3) is 0 Å². The van der Waals surface area contributed by atoms with Gasteiger partial charge < -0.3 is 14.9 Å². The fourth-order valence-electron chi connectivity index (χ4n) is 3.04. The first-order chi connectivity index (χ1) is 9.61. The normalized spacial score (nSPS) is 20.2. The summed E-state index contributed by atoms with van der Waals surface area (Å²) in [5.41, 5.74) is 6.34. The molecule has 2 heterocycles. The lowest BCUT2D eigenvalue weighted by atomic mass is 9.96. The van der Waals surface area contributed by atoms with E-state index in [0.29, 0.717) is 5.92 Å². The average Bonchev–Trinajstić information content (AvgIpc) is 2.86. The van der Waals surface area contributed by atoms with Gasteiger partial charge in [0.05, 0.1) is 6.04 Å². The zero-order valence-corrected chi connectivity index (χ0v) is 13.0. The minimum Gasteiger partial charge on any atom is -0.465 e. The van der Waals surface area contributed by atoms with Crippen molar-refractivity contribution in [3.63, 3.8) is 0 Å². The number of hydrogen-bond acceptors (Lipinski definition) is 4. The molecule has 1 saturated heterocycles. The van der Waals surface area contributed by atoms with Crippen LogP contribution in [0.3, 0.4) is 0 Å². The highest BCUT2D eigenvalue weighted by atomic mass is 16.5. The van der Waals surface area contributed by atoms with Crippen LogP contribution < -0.4 is 5.73 Å². The Kier molecular flexibility index (Phi) is 5.64. The Morgan fingerprint density at radius 3 is 2.60 bits per heavy atom. The van der Waals surface area contributed by atoms with Crippen molar-refractivity contribution in [2.45, 2.75) is 45.2 Å². The van der Waals surface area contributed by atoms with Crippen LogP contribution in [0.4, 0.5) is 0 Å². The van der Waals surface area contributed by atoms with Crippen molar-refractivity contribution in [3.05, 3.63) is 23.7 Å². The Morgan fingerprint density at radius 1 is 1.35 bits per heavy atom. The van der Waals surface area contributed by atoms with Gasteiger partial charge in [0.1, 0.15) is 11.5 Å². The first-order valence-corrected chi connectivity index (χ1v) is 7.71. The molecule has 4 heteroatoms. The van der Waals surface area contributed by atoms with Gasteiger partial charge in [0.2, 0.25) is 0 Å². The molecule has 0 spiro atoms. The lowest BCUT2D eigenvalue weighted by Gasteiger charge is -2.34. The lowest BCUT2D eigenvalue weighted by molar-refractivity contribution is 0.0460. The number of aryl methyl sites for hydroxylation is 1. The van der Waals surface area contributed by atoms with E-state index in [0.717, 1.165) is 50.5 Å². The van der Waals surface area contributed by atoms with Gasteiger partial charge in [-0.3, -0.25) is 4.90 Å². The number of likely N-dealkylation sites (N-methyl/N-ethyl adjacent to an activating group) is 1. The van der Waals surface area contributed by atoms with Gasteiger partial charge in [-0.05, 0) is 51.3 Å². The number of nitrogens with zero attached hydrogens (tertiary/aromatic N) is 1. The second-order valence-corrected chi connectivity index (χ2v) is 5.96. The molecule has 0 saturated carbocycles. The third kappa shape index (κ3) is 3.84. The molecular weight excluding hydrogens is 252 g/mol. The third-order valence-corrected chi connectivity index (χ3v) is 4.29. The van der Waals surface area contributed by atoms with Crippen molar-refractivity contribution in [2.24, 2.45) is 11.7 Å². The maximum atomic E-state index is 6.34. The van der Waals surface area contributed by atoms with Gasteiger partial charge in [0.15, 0.2) is 0 Å². The monoisotopic (exact) mass is 280 g/mol. The van der Waals surface area contributed by atoms with E-state index in [1.165, 1.54) is 0 Å². The van der Waals surface area contributed by atoms with Gasteiger partial charge in [-0.2, -0.15) is 0 Å². The van der Waals surface area contributed by atoms with Crippen molar-refractivity contribution < 1.29 is 9.15 Å². The maximum Gasteiger partial charge on any atom is 0.122 e. The molecule has 2 atom stereocenters. The molecule has 114 valence electrons. The topological polar surface area (TPSA) is 51.6 Å². The summed E-state index contributed by atoms with van der Waals surface area (Å²) in [4.78, 5) is 2.36. The standard InChI is InChI=1S/C16H28N2O2/c1-4-14(17)16(15-6-5-12(2)20-15)18(3)11-13-7-9-19-10-8-13/h5-6,13-14,16H,4,7-11,17H2,1-3H3. The van der Waals surface area contributed by atoms with Gasteiger partial charge >= 0.3 is 0 Å². The third-order valence-electron chi connectivity index (χ3n) is 4.29. The summed E-state index contributed by atoms with van der Waals surface area (Å²) in [6, 6.07) is 4.35. The average molecular weight is 280 g/mol. The minimum atomic E-state index is 0.102. The number of rotatable bonds is 6. The smallest absolute Gasteiger partial charge is 0.122 e. The minimum absolute atomic E-state index is 0.102. The molecule has 0 radical (unpaired) electrons. The van der Waals surface area contributed by atoms with Crippen molar-refractivity contribution in [3.8, 4) is 0 Å². The van der Waals surface area contributed by atoms with E-state index in [2.05, 4.69) is 24.9 Å². The van der Waals surface area contributed by atoms with E-state index in [1.807, 2.05) is 13.0 Å². The molecular formula is C16H28N2O2. The van der Waals surface area contributed by atoms with E-state index >= 15 is 0 Å². The van der Waals surface area contributed by atoms with E-state index in [9.17, 15) is 0 Å². The number of hydrogen-bond donors (Lipinski definition) is 1. The molecule has 20 heavy (non-hydrogen) atoms. The Bertz CT molecular complexity index is 399. The maximum absolute atomic E-state index is 6.34. The van der Waals surface area contributed by atoms with Gasteiger partial charge in [-0.1, -0.05) is 6.92 Å². The lowest BCUT2D eigenvalue weighted by Crippen LogP contribution is -2.41. The molecule has 0 aromatic carbocycles. The second-order valence-electron chi connectivity index (χ2n) is 5.96. The van der Waals surface area contributed by atoms with Crippen LogP contribution in [0.15, 0.2) is 16.5 Å². The number of ether oxygens (including phenoxy) is 1. The first-order valence-electron chi connectivity index (χ1n) is 7.71. The highest BCUT2D eigenvalue weighted by molar-refractivity contribution is 5.12. The van der Waals surface area contributed by atoms with Gasteiger partial charge in [0.25, 0.3) is 0 Å². The molecule has 4 nitrogen and oxygen atoms in total. The predicted molar refractivity (Wildman–Crippen MR) is 80.6 cm³/mol. The summed E-state index contributed by atoms with van der Waals surface area (Å²) in [5, 5.41) is 0. The largest absolute Gasteiger partial charge is 0.465 e. The molecule has 1 aromatic rings. The van der Waals surface area contributed by atoms with Gasteiger partial charge in [-0.15, -0.1) is 0 Å². The van der Waals surface area contributed by atoms with Crippen molar-refractivity contribution in [1.29, 1.82) is 0 Å². The Hall–Kier alpha value is -0.840. The molecule has 0 bridgehead atoms. The second kappa shape index (κ2) is 7.25. The van der Waals surface area contributed by atoms with Crippen LogP contribution in [0, 0.1) is 12.8 Å². The summed E-state index contributed by atoms with van der Waals surface area (Å²) < 4.78 is 11.3. The van der Waals surface area contributed by atoms with Crippen LogP contribution in [0.2, 0.25) is 0 Å². The number of nitrogens with two attached hydrogens (primary N) is 1. The molecule has 1 aromatic heterocycles. The van der Waals surface area contributed by atoms with E-state index in [1.54, 1.807) is 0 Å². The van der Waals surface area contributed by atoms with Crippen molar-refractivity contribution in [2.75, 3.05) is 26.8 Å². The van der Waals surface area contributed by atoms with Crippen molar-refractivity contribution in [1.82, 2.24) is 4.90 Å². The predicted octanol–water partition coefficient (Wildman–Crippen LogP) is 2.72. The summed E-state index contributed by atoms with van der Waals surface area (Å²) in [6.45, 7) is 6.96. The van der Waals surface area contributed by atoms with Gasteiger partial charge in [-0.25, -0.2) is 0 Å². The zero-order chi connectivity index (χ0) is 14.5. The Balaban J connectivity index is 2.05. The van der Waals surface area contributed by atoms with E-state index in [4.69, 9.17) is 14.9 Å². The fraction of sp³-hybridized carbons (Fsp3) is 0.750. The molecule has 1 aliphatic rings. The molecule has 2 rings (SSSR count). The summed E-state index contributed by atoms with van der Waals surface area (Å²) in [7, 11) is 2.16. The molecule has 2 N–H and O–H groups in total. The molecule has 1 fully saturated rings. The van der Waals surface area contributed by atoms with Crippen LogP contribution >= 0.6 is 0 Å². The highest BCUT2D eigenvalue weighted by Crippen LogP contribution is 2.28. The van der Waals surface area contributed by atoms with Crippen molar-refractivity contribution >= 4 is 0 Å². The molecule has 2 unspecified atom stereocenters. The zero-order valence-electron chi connectivity index (χ0n) is 13.0. The summed E-state index contributed by atoms with van der Waals surface area (Å²) in [5.74, 6) is 2.65. The Morgan fingerprint density at radius 2 is 2.05 bits per heavy atom. The van der Waals surface area contributed by atoms with Crippen LogP contribution in [0.1, 0.15) is 43.7 Å². The summed E-state index contributed by atoms with van der Waals surface area (Å²) >= 11 is 0. The molecule has 1 aliphatic heterocycles. The fourth-order valence-corrected chi connectivity index (χ4v) is 3.04. The SMILES string of the molecule is CCC(N)C(c1ccc(C)o1)N(C)CC1CCOCC1. The highest BCUT2D eigenvalue weighted by Gasteiger charge is 2.28. The number of furan rings is 1. The Labute approximate surface area is 122 Å². The molecule has 0 aliphatic carbocycles. The van der Waals surface area contributed by atoms with E-state index in [-0.39, 0.29) is 12.1 Å². The molecule has 0 amide bonds. The quantitative estimate of drug-likeness (QED) is 0.870. The van der Waals surface area contributed by atoms with Crippen LogP contribution in [0.5, 0.6) is 0 Å². The van der Waals surface area contributed by atoms with Crippen LogP contribution in [-0.2, 0) is 4.74 Å².